The Morgan fingerprint density at radius 1 is 1.35 bits per heavy atom. The SMILES string of the molecule is CCCCc1ccc2c(c1)C(N)CC(C)CC2. The highest BCUT2D eigenvalue weighted by atomic mass is 14.6. The van der Waals surface area contributed by atoms with E-state index >= 15 is 0 Å². The second kappa shape index (κ2) is 5.68. The predicted molar refractivity (Wildman–Crippen MR) is 74.1 cm³/mol. The summed E-state index contributed by atoms with van der Waals surface area (Å²) in [7, 11) is 0. The van der Waals surface area contributed by atoms with Gasteiger partial charge in [-0.15, -0.1) is 0 Å². The van der Waals surface area contributed by atoms with E-state index in [-0.39, 0.29) is 6.04 Å². The summed E-state index contributed by atoms with van der Waals surface area (Å²) in [5, 5.41) is 0. The van der Waals surface area contributed by atoms with Gasteiger partial charge in [0.25, 0.3) is 0 Å². The van der Waals surface area contributed by atoms with Crippen LogP contribution in [0.1, 0.15) is 62.3 Å². The van der Waals surface area contributed by atoms with Gasteiger partial charge in [-0.3, -0.25) is 0 Å². The fourth-order valence-electron chi connectivity index (χ4n) is 2.83. The van der Waals surface area contributed by atoms with Gasteiger partial charge in [-0.05, 0) is 54.7 Å². The number of unbranched alkanes of at least 4 members (excludes halogenated alkanes) is 1. The Morgan fingerprint density at radius 2 is 2.18 bits per heavy atom. The highest BCUT2D eigenvalue weighted by Gasteiger charge is 2.19. The summed E-state index contributed by atoms with van der Waals surface area (Å²) < 4.78 is 0. The van der Waals surface area contributed by atoms with E-state index in [1.165, 1.54) is 48.8 Å². The minimum absolute atomic E-state index is 0.254. The molecule has 0 aromatic heterocycles. The van der Waals surface area contributed by atoms with Crippen molar-refractivity contribution in [3.05, 3.63) is 34.9 Å². The summed E-state index contributed by atoms with van der Waals surface area (Å²) in [6.45, 7) is 4.57. The topological polar surface area (TPSA) is 26.0 Å². The maximum Gasteiger partial charge on any atom is 0.0300 e. The third-order valence-electron chi connectivity index (χ3n) is 3.99. The van der Waals surface area contributed by atoms with Crippen LogP contribution in [0.25, 0.3) is 0 Å². The van der Waals surface area contributed by atoms with Gasteiger partial charge < -0.3 is 5.73 Å². The van der Waals surface area contributed by atoms with Gasteiger partial charge in [0.2, 0.25) is 0 Å². The molecule has 1 nitrogen and oxygen atoms in total. The van der Waals surface area contributed by atoms with Crippen LogP contribution in [0.3, 0.4) is 0 Å². The first-order valence-corrected chi connectivity index (χ1v) is 7.08. The molecule has 0 heterocycles. The van der Waals surface area contributed by atoms with Gasteiger partial charge in [-0.1, -0.05) is 38.5 Å². The fourth-order valence-corrected chi connectivity index (χ4v) is 2.83. The van der Waals surface area contributed by atoms with Crippen LogP contribution in [0.2, 0.25) is 0 Å². The van der Waals surface area contributed by atoms with Crippen LogP contribution < -0.4 is 5.73 Å². The number of hydrogen-bond donors (Lipinski definition) is 1. The fraction of sp³-hybridized carbons (Fsp3) is 0.625. The molecule has 0 saturated heterocycles. The van der Waals surface area contributed by atoms with E-state index in [1.807, 2.05) is 0 Å². The van der Waals surface area contributed by atoms with Crippen LogP contribution in [0.15, 0.2) is 18.2 Å². The predicted octanol–water partition coefficient (Wildman–Crippen LogP) is 4.00. The molecule has 0 spiro atoms. The molecule has 0 fully saturated rings. The Morgan fingerprint density at radius 3 is 2.94 bits per heavy atom. The summed E-state index contributed by atoms with van der Waals surface area (Å²) >= 11 is 0. The van der Waals surface area contributed by atoms with Crippen molar-refractivity contribution in [2.75, 3.05) is 0 Å². The molecular weight excluding hydrogens is 206 g/mol. The van der Waals surface area contributed by atoms with Crippen LogP contribution >= 0.6 is 0 Å². The van der Waals surface area contributed by atoms with Crippen molar-refractivity contribution in [3.63, 3.8) is 0 Å². The average Bonchev–Trinajstić information content (AvgIpc) is 2.46. The molecule has 0 saturated carbocycles. The van der Waals surface area contributed by atoms with Gasteiger partial charge >= 0.3 is 0 Å². The van der Waals surface area contributed by atoms with Gasteiger partial charge in [0, 0.05) is 6.04 Å². The summed E-state index contributed by atoms with van der Waals surface area (Å²) in [4.78, 5) is 0. The van der Waals surface area contributed by atoms with Crippen molar-refractivity contribution >= 4 is 0 Å². The quantitative estimate of drug-likeness (QED) is 0.782. The van der Waals surface area contributed by atoms with E-state index in [0.717, 1.165) is 12.3 Å². The molecule has 0 bridgehead atoms. The molecule has 2 N–H and O–H groups in total. The first kappa shape index (κ1) is 12.6. The van der Waals surface area contributed by atoms with Crippen LogP contribution in [-0.4, -0.2) is 0 Å². The Bertz CT molecular complexity index is 370. The first-order chi connectivity index (χ1) is 8.20. The van der Waals surface area contributed by atoms with Crippen LogP contribution in [0.5, 0.6) is 0 Å². The second-order valence-electron chi connectivity index (χ2n) is 5.62. The summed E-state index contributed by atoms with van der Waals surface area (Å²) in [5.41, 5.74) is 10.7. The van der Waals surface area contributed by atoms with Crippen LogP contribution in [0.4, 0.5) is 0 Å². The average molecular weight is 231 g/mol. The molecular formula is C16H25N. The zero-order valence-corrected chi connectivity index (χ0v) is 11.2. The lowest BCUT2D eigenvalue weighted by Gasteiger charge is -2.15. The normalized spacial score (nSPS) is 24.2. The van der Waals surface area contributed by atoms with Crippen molar-refractivity contribution in [2.45, 2.75) is 58.4 Å². The third-order valence-corrected chi connectivity index (χ3v) is 3.99. The molecule has 1 aromatic rings. The highest BCUT2D eigenvalue weighted by molar-refractivity contribution is 5.35. The molecule has 0 aliphatic heterocycles. The van der Waals surface area contributed by atoms with Crippen molar-refractivity contribution in [3.8, 4) is 0 Å². The molecule has 2 rings (SSSR count). The molecule has 1 aromatic carbocycles. The number of nitrogens with two attached hydrogens (primary N) is 1. The summed E-state index contributed by atoms with van der Waals surface area (Å²) in [6.07, 6.45) is 7.38. The Kier molecular flexibility index (Phi) is 4.22. The van der Waals surface area contributed by atoms with E-state index in [1.54, 1.807) is 0 Å². The molecule has 1 heteroatoms. The van der Waals surface area contributed by atoms with Gasteiger partial charge in [-0.25, -0.2) is 0 Å². The van der Waals surface area contributed by atoms with Gasteiger partial charge in [0.15, 0.2) is 0 Å². The third kappa shape index (κ3) is 3.10. The highest BCUT2D eigenvalue weighted by Crippen LogP contribution is 2.31. The summed E-state index contributed by atoms with van der Waals surface area (Å²) in [6, 6.07) is 7.24. The van der Waals surface area contributed by atoms with Crippen molar-refractivity contribution in [1.29, 1.82) is 0 Å². The zero-order chi connectivity index (χ0) is 12.3. The zero-order valence-electron chi connectivity index (χ0n) is 11.2. The minimum atomic E-state index is 0.254. The minimum Gasteiger partial charge on any atom is -0.324 e. The maximum absolute atomic E-state index is 6.33. The largest absolute Gasteiger partial charge is 0.324 e. The molecule has 17 heavy (non-hydrogen) atoms. The van der Waals surface area contributed by atoms with Crippen molar-refractivity contribution in [1.82, 2.24) is 0 Å². The molecule has 2 unspecified atom stereocenters. The van der Waals surface area contributed by atoms with Crippen LogP contribution in [-0.2, 0) is 12.8 Å². The van der Waals surface area contributed by atoms with Crippen molar-refractivity contribution in [2.24, 2.45) is 11.7 Å². The monoisotopic (exact) mass is 231 g/mol. The van der Waals surface area contributed by atoms with E-state index in [0.29, 0.717) is 0 Å². The van der Waals surface area contributed by atoms with Gasteiger partial charge in [-0.2, -0.15) is 0 Å². The number of rotatable bonds is 3. The number of hydrogen-bond acceptors (Lipinski definition) is 1. The lowest BCUT2D eigenvalue weighted by Crippen LogP contribution is -2.13. The van der Waals surface area contributed by atoms with Gasteiger partial charge in [0.1, 0.15) is 0 Å². The molecule has 1 aliphatic carbocycles. The number of aryl methyl sites for hydroxylation is 2. The summed E-state index contributed by atoms with van der Waals surface area (Å²) in [5.74, 6) is 0.761. The van der Waals surface area contributed by atoms with E-state index in [4.69, 9.17) is 5.73 Å². The molecule has 1 aliphatic rings. The smallest absolute Gasteiger partial charge is 0.0300 e. The molecule has 0 amide bonds. The van der Waals surface area contributed by atoms with Crippen LogP contribution in [0, 0.1) is 5.92 Å². The van der Waals surface area contributed by atoms with Gasteiger partial charge in [0.05, 0.1) is 0 Å². The lowest BCUT2D eigenvalue weighted by molar-refractivity contribution is 0.464. The standard InChI is InChI=1S/C16H25N/c1-3-4-5-13-7-9-14-8-6-12(2)10-16(17)15(14)11-13/h7,9,11-12,16H,3-6,8,10,17H2,1-2H3. The Hall–Kier alpha value is -0.820. The van der Waals surface area contributed by atoms with E-state index in [2.05, 4.69) is 32.0 Å². The molecule has 2 atom stereocenters. The van der Waals surface area contributed by atoms with E-state index < -0.39 is 0 Å². The lowest BCUT2D eigenvalue weighted by atomic mass is 9.95. The molecule has 0 radical (unpaired) electrons. The first-order valence-electron chi connectivity index (χ1n) is 7.08. The Balaban J connectivity index is 2.21. The number of fused-ring (bicyclic) bond motifs is 1. The molecule has 94 valence electrons. The maximum atomic E-state index is 6.33. The second-order valence-corrected chi connectivity index (χ2v) is 5.62. The Labute approximate surface area is 105 Å². The number of benzene rings is 1. The van der Waals surface area contributed by atoms with E-state index in [9.17, 15) is 0 Å². The van der Waals surface area contributed by atoms with Crippen molar-refractivity contribution < 1.29 is 0 Å².